The van der Waals surface area contributed by atoms with E-state index in [1.807, 2.05) is 13.8 Å². The van der Waals surface area contributed by atoms with E-state index in [0.717, 1.165) is 25.6 Å². The van der Waals surface area contributed by atoms with Gasteiger partial charge in [0, 0.05) is 18.0 Å². The number of rotatable bonds is 7. The minimum atomic E-state index is -0.253. The number of nitrogens with zero attached hydrogens (tertiary/aromatic N) is 2. The number of hydrogen-bond acceptors (Lipinski definition) is 4. The van der Waals surface area contributed by atoms with Crippen LogP contribution in [-0.2, 0) is 6.54 Å². The number of oxime groups is 1. The third-order valence-corrected chi connectivity index (χ3v) is 4.59. The molecule has 19 heavy (non-hydrogen) atoms. The summed E-state index contributed by atoms with van der Waals surface area (Å²) < 4.78 is 0. The SMILES string of the molecule is CC(C)(CCN(Cc1ccsc1)C1CC1)C(N)=NO. The first-order valence-electron chi connectivity index (χ1n) is 6.76. The van der Waals surface area contributed by atoms with Gasteiger partial charge in [0.15, 0.2) is 0 Å². The minimum absolute atomic E-state index is 0.253. The van der Waals surface area contributed by atoms with Gasteiger partial charge < -0.3 is 10.9 Å². The number of nitrogens with two attached hydrogens (primary N) is 1. The van der Waals surface area contributed by atoms with Gasteiger partial charge in [-0.15, -0.1) is 0 Å². The van der Waals surface area contributed by atoms with Crippen LogP contribution in [0.1, 0.15) is 38.7 Å². The van der Waals surface area contributed by atoms with Gasteiger partial charge in [0.2, 0.25) is 0 Å². The first-order chi connectivity index (χ1) is 9.03. The first-order valence-corrected chi connectivity index (χ1v) is 7.70. The second-order valence-corrected chi connectivity index (χ2v) is 6.73. The standard InChI is InChI=1S/C14H23N3OS/c1-14(2,13(15)16-18)6-7-17(12-3-4-12)9-11-5-8-19-10-11/h5,8,10,12,18H,3-4,6-7,9H2,1-2H3,(H2,15,16). The monoisotopic (exact) mass is 281 g/mol. The van der Waals surface area contributed by atoms with Crippen LogP contribution in [0.2, 0.25) is 0 Å². The van der Waals surface area contributed by atoms with Crippen LogP contribution >= 0.6 is 11.3 Å². The van der Waals surface area contributed by atoms with E-state index < -0.39 is 0 Å². The van der Waals surface area contributed by atoms with Crippen molar-refractivity contribution in [1.82, 2.24) is 4.90 Å². The molecule has 0 atom stereocenters. The molecular weight excluding hydrogens is 258 g/mol. The van der Waals surface area contributed by atoms with Gasteiger partial charge in [0.25, 0.3) is 0 Å². The summed E-state index contributed by atoms with van der Waals surface area (Å²) in [5, 5.41) is 16.3. The maximum atomic E-state index is 8.82. The van der Waals surface area contributed by atoms with E-state index in [1.54, 1.807) is 11.3 Å². The maximum Gasteiger partial charge on any atom is 0.144 e. The molecule has 0 unspecified atom stereocenters. The van der Waals surface area contributed by atoms with E-state index in [0.29, 0.717) is 5.84 Å². The molecule has 1 aliphatic carbocycles. The molecule has 0 aromatic carbocycles. The summed E-state index contributed by atoms with van der Waals surface area (Å²) >= 11 is 1.75. The van der Waals surface area contributed by atoms with Crippen molar-refractivity contribution in [2.24, 2.45) is 16.3 Å². The molecule has 1 aromatic rings. The molecule has 106 valence electrons. The van der Waals surface area contributed by atoms with Gasteiger partial charge in [-0.1, -0.05) is 19.0 Å². The molecule has 1 fully saturated rings. The molecule has 2 rings (SSSR count). The summed E-state index contributed by atoms with van der Waals surface area (Å²) in [4.78, 5) is 2.52. The van der Waals surface area contributed by atoms with Crippen molar-refractivity contribution < 1.29 is 5.21 Å². The molecule has 0 radical (unpaired) electrons. The van der Waals surface area contributed by atoms with Crippen molar-refractivity contribution in [2.75, 3.05) is 6.54 Å². The summed E-state index contributed by atoms with van der Waals surface area (Å²) in [5.41, 5.74) is 6.88. The molecule has 0 bridgehead atoms. The predicted molar refractivity (Wildman–Crippen MR) is 79.6 cm³/mol. The Morgan fingerprint density at radius 3 is 2.84 bits per heavy atom. The average molecular weight is 281 g/mol. The van der Waals surface area contributed by atoms with Gasteiger partial charge in [-0.3, -0.25) is 4.90 Å². The minimum Gasteiger partial charge on any atom is -0.409 e. The second-order valence-electron chi connectivity index (χ2n) is 5.95. The molecule has 5 heteroatoms. The Kier molecular flexibility index (Phi) is 4.47. The largest absolute Gasteiger partial charge is 0.409 e. The van der Waals surface area contributed by atoms with Gasteiger partial charge in [-0.25, -0.2) is 0 Å². The lowest BCUT2D eigenvalue weighted by Crippen LogP contribution is -2.36. The predicted octanol–water partition coefficient (Wildman–Crippen LogP) is 2.88. The van der Waals surface area contributed by atoms with Crippen molar-refractivity contribution in [3.63, 3.8) is 0 Å². The van der Waals surface area contributed by atoms with Crippen LogP contribution in [0.3, 0.4) is 0 Å². The van der Waals surface area contributed by atoms with E-state index in [9.17, 15) is 0 Å². The second kappa shape index (κ2) is 5.92. The normalized spacial score (nSPS) is 17.1. The molecule has 0 saturated heterocycles. The number of hydrogen-bond donors (Lipinski definition) is 2. The zero-order chi connectivity index (χ0) is 13.9. The van der Waals surface area contributed by atoms with E-state index >= 15 is 0 Å². The molecule has 0 aliphatic heterocycles. The highest BCUT2D eigenvalue weighted by Gasteiger charge is 2.31. The highest BCUT2D eigenvalue weighted by molar-refractivity contribution is 7.07. The van der Waals surface area contributed by atoms with Crippen molar-refractivity contribution in [1.29, 1.82) is 0 Å². The van der Waals surface area contributed by atoms with Crippen LogP contribution < -0.4 is 5.73 Å². The van der Waals surface area contributed by atoms with Crippen molar-refractivity contribution >= 4 is 17.2 Å². The Bertz CT molecular complexity index is 424. The molecule has 0 spiro atoms. The van der Waals surface area contributed by atoms with Gasteiger partial charge in [0.1, 0.15) is 5.84 Å². The number of amidine groups is 1. The fourth-order valence-electron chi connectivity index (χ4n) is 2.13. The molecule has 1 heterocycles. The lowest BCUT2D eigenvalue weighted by Gasteiger charge is -2.28. The van der Waals surface area contributed by atoms with Crippen LogP contribution in [0.25, 0.3) is 0 Å². The van der Waals surface area contributed by atoms with Crippen LogP contribution in [0.5, 0.6) is 0 Å². The summed E-state index contributed by atoms with van der Waals surface area (Å²) in [6, 6.07) is 2.91. The van der Waals surface area contributed by atoms with Crippen LogP contribution in [0.4, 0.5) is 0 Å². The number of thiophene rings is 1. The summed E-state index contributed by atoms with van der Waals surface area (Å²) in [7, 11) is 0. The van der Waals surface area contributed by atoms with E-state index in [-0.39, 0.29) is 5.41 Å². The third-order valence-electron chi connectivity index (χ3n) is 3.85. The molecule has 1 aromatic heterocycles. The van der Waals surface area contributed by atoms with Crippen molar-refractivity contribution in [3.05, 3.63) is 22.4 Å². The van der Waals surface area contributed by atoms with Crippen LogP contribution in [0, 0.1) is 5.41 Å². The van der Waals surface area contributed by atoms with Crippen LogP contribution in [0.15, 0.2) is 22.0 Å². The Balaban J connectivity index is 1.91. The smallest absolute Gasteiger partial charge is 0.144 e. The summed E-state index contributed by atoms with van der Waals surface area (Å²) in [6.45, 7) is 6.06. The molecule has 3 N–H and O–H groups in total. The van der Waals surface area contributed by atoms with Gasteiger partial charge >= 0.3 is 0 Å². The van der Waals surface area contributed by atoms with Gasteiger partial charge in [-0.05, 0) is 48.2 Å². The average Bonchev–Trinajstić information content (AvgIpc) is 3.11. The Morgan fingerprint density at radius 1 is 1.58 bits per heavy atom. The van der Waals surface area contributed by atoms with Crippen molar-refractivity contribution in [2.45, 2.75) is 45.7 Å². The quantitative estimate of drug-likeness (QED) is 0.350. The maximum absolute atomic E-state index is 8.82. The molecule has 4 nitrogen and oxygen atoms in total. The fourth-order valence-corrected chi connectivity index (χ4v) is 2.79. The van der Waals surface area contributed by atoms with E-state index in [2.05, 4.69) is 26.9 Å². The topological polar surface area (TPSA) is 61.8 Å². The van der Waals surface area contributed by atoms with E-state index in [1.165, 1.54) is 18.4 Å². The van der Waals surface area contributed by atoms with Crippen molar-refractivity contribution in [3.8, 4) is 0 Å². The van der Waals surface area contributed by atoms with E-state index in [4.69, 9.17) is 10.9 Å². The Morgan fingerprint density at radius 2 is 2.32 bits per heavy atom. The molecule has 1 saturated carbocycles. The van der Waals surface area contributed by atoms with Gasteiger partial charge in [0.05, 0.1) is 0 Å². The Labute approximate surface area is 118 Å². The summed E-state index contributed by atoms with van der Waals surface area (Å²) in [6.07, 6.45) is 3.51. The Hall–Kier alpha value is -1.07. The van der Waals surface area contributed by atoms with Crippen LogP contribution in [-0.4, -0.2) is 28.5 Å². The highest BCUT2D eigenvalue weighted by atomic mass is 32.1. The molecule has 1 aliphatic rings. The summed E-state index contributed by atoms with van der Waals surface area (Å²) in [5.74, 6) is 0.318. The fraction of sp³-hybridized carbons (Fsp3) is 0.643. The lowest BCUT2D eigenvalue weighted by molar-refractivity contribution is 0.225. The van der Waals surface area contributed by atoms with Gasteiger partial charge in [-0.2, -0.15) is 11.3 Å². The lowest BCUT2D eigenvalue weighted by atomic mass is 9.88. The first kappa shape index (κ1) is 14.3. The zero-order valence-corrected chi connectivity index (χ0v) is 12.5. The molecular formula is C14H23N3OS. The highest BCUT2D eigenvalue weighted by Crippen LogP contribution is 2.31. The third kappa shape index (κ3) is 3.94. The molecule has 0 amide bonds. The zero-order valence-electron chi connectivity index (χ0n) is 11.7.